The molecule has 0 aliphatic carbocycles. The molecule has 23 heavy (non-hydrogen) atoms. The molecule has 3 heterocycles. The smallest absolute Gasteiger partial charge is 0.231 e. The van der Waals surface area contributed by atoms with Gasteiger partial charge in [0.05, 0.1) is 24.9 Å². The molecule has 0 bridgehead atoms. The number of hydrogen-bond acceptors (Lipinski definition) is 6. The number of nitrogens with zero attached hydrogens (tertiary/aromatic N) is 3. The molecule has 1 N–H and O–H groups in total. The van der Waals surface area contributed by atoms with Crippen molar-refractivity contribution in [2.45, 2.75) is 19.9 Å². The number of imidazole rings is 1. The fraction of sp³-hybridized carbons (Fsp3) is 0.267. The highest BCUT2D eigenvalue weighted by Crippen LogP contribution is 2.32. The van der Waals surface area contributed by atoms with Gasteiger partial charge in [0.1, 0.15) is 5.01 Å². The van der Waals surface area contributed by atoms with Crippen molar-refractivity contribution in [1.82, 2.24) is 19.9 Å². The molecule has 1 aromatic carbocycles. The van der Waals surface area contributed by atoms with E-state index in [4.69, 9.17) is 9.47 Å². The molecule has 4 rings (SSSR count). The van der Waals surface area contributed by atoms with Crippen molar-refractivity contribution in [3.8, 4) is 11.5 Å². The number of carbonyl (C=O) groups excluding carboxylic acids is 1. The van der Waals surface area contributed by atoms with E-state index in [0.29, 0.717) is 12.3 Å². The Morgan fingerprint density at radius 3 is 3.13 bits per heavy atom. The molecule has 0 saturated heterocycles. The van der Waals surface area contributed by atoms with E-state index in [0.717, 1.165) is 27.0 Å². The summed E-state index contributed by atoms with van der Waals surface area (Å²) in [7, 11) is 0. The Morgan fingerprint density at radius 2 is 2.26 bits per heavy atom. The number of ether oxygens (including phenoxy) is 2. The molecule has 1 amide bonds. The average molecular weight is 330 g/mol. The van der Waals surface area contributed by atoms with Crippen molar-refractivity contribution in [1.29, 1.82) is 0 Å². The normalized spacial score (nSPS) is 12.7. The lowest BCUT2D eigenvalue weighted by Crippen LogP contribution is -2.24. The molecule has 0 fully saturated rings. The highest BCUT2D eigenvalue weighted by molar-refractivity contribution is 7.16. The summed E-state index contributed by atoms with van der Waals surface area (Å²) in [6.07, 6.45) is 2.12. The van der Waals surface area contributed by atoms with Crippen molar-refractivity contribution in [3.05, 3.63) is 40.7 Å². The van der Waals surface area contributed by atoms with Gasteiger partial charge >= 0.3 is 0 Å². The van der Waals surface area contributed by atoms with Crippen LogP contribution in [0.2, 0.25) is 0 Å². The molecule has 0 spiro atoms. The number of aryl methyl sites for hydroxylation is 1. The van der Waals surface area contributed by atoms with Gasteiger partial charge in [-0.1, -0.05) is 17.4 Å². The maximum absolute atomic E-state index is 12.1. The van der Waals surface area contributed by atoms with Crippen molar-refractivity contribution < 1.29 is 14.3 Å². The van der Waals surface area contributed by atoms with Crippen molar-refractivity contribution in [2.75, 3.05) is 6.79 Å². The number of nitrogens with one attached hydrogen (secondary N) is 1. The second kappa shape index (κ2) is 5.54. The van der Waals surface area contributed by atoms with Crippen LogP contribution in [0.4, 0.5) is 0 Å². The lowest BCUT2D eigenvalue weighted by Gasteiger charge is -2.04. The van der Waals surface area contributed by atoms with Crippen LogP contribution in [-0.4, -0.2) is 27.3 Å². The van der Waals surface area contributed by atoms with E-state index in [2.05, 4.69) is 15.4 Å². The molecule has 8 heteroatoms. The minimum absolute atomic E-state index is 0.0654. The van der Waals surface area contributed by atoms with E-state index in [1.807, 2.05) is 31.3 Å². The summed E-state index contributed by atoms with van der Waals surface area (Å²) in [5.41, 5.74) is 1.68. The molecule has 118 valence electrons. The average Bonchev–Trinajstić information content (AvgIpc) is 3.18. The second-order valence-corrected chi connectivity index (χ2v) is 6.38. The summed E-state index contributed by atoms with van der Waals surface area (Å²) in [6.45, 7) is 2.56. The van der Waals surface area contributed by atoms with Gasteiger partial charge in [0, 0.05) is 0 Å². The van der Waals surface area contributed by atoms with Crippen LogP contribution < -0.4 is 14.8 Å². The number of hydrogen-bond donors (Lipinski definition) is 1. The number of carbonyl (C=O) groups is 1. The zero-order chi connectivity index (χ0) is 15.8. The summed E-state index contributed by atoms with van der Waals surface area (Å²) < 4.78 is 12.3. The monoisotopic (exact) mass is 330 g/mol. The van der Waals surface area contributed by atoms with Gasteiger partial charge in [0.25, 0.3) is 0 Å². The topological polar surface area (TPSA) is 77.8 Å². The highest BCUT2D eigenvalue weighted by atomic mass is 32.1. The lowest BCUT2D eigenvalue weighted by molar-refractivity contribution is -0.120. The minimum atomic E-state index is -0.0654. The van der Waals surface area contributed by atoms with Gasteiger partial charge in [-0.15, -0.1) is 0 Å². The third-order valence-electron chi connectivity index (χ3n) is 3.46. The molecule has 3 aromatic rings. The summed E-state index contributed by atoms with van der Waals surface area (Å²) in [6, 6.07) is 5.52. The van der Waals surface area contributed by atoms with Crippen LogP contribution in [0.25, 0.3) is 4.96 Å². The van der Waals surface area contributed by atoms with Gasteiger partial charge in [-0.2, -0.15) is 5.10 Å². The first-order chi connectivity index (χ1) is 11.2. The van der Waals surface area contributed by atoms with Crippen molar-refractivity contribution >= 4 is 22.2 Å². The van der Waals surface area contributed by atoms with Crippen LogP contribution in [0.15, 0.2) is 24.4 Å². The predicted octanol–water partition coefficient (Wildman–Crippen LogP) is 1.69. The maximum atomic E-state index is 12.1. The van der Waals surface area contributed by atoms with Gasteiger partial charge in [-0.3, -0.25) is 4.79 Å². The fourth-order valence-electron chi connectivity index (χ4n) is 2.42. The van der Waals surface area contributed by atoms with E-state index in [1.54, 1.807) is 4.52 Å². The van der Waals surface area contributed by atoms with Crippen LogP contribution in [0.3, 0.4) is 0 Å². The Labute approximate surface area is 135 Å². The zero-order valence-corrected chi connectivity index (χ0v) is 13.2. The van der Waals surface area contributed by atoms with Gasteiger partial charge in [-0.05, 0) is 24.6 Å². The predicted molar refractivity (Wildman–Crippen MR) is 83.7 cm³/mol. The summed E-state index contributed by atoms with van der Waals surface area (Å²) in [4.78, 5) is 17.3. The van der Waals surface area contributed by atoms with Gasteiger partial charge in [-0.25, -0.2) is 9.50 Å². The quantitative estimate of drug-likeness (QED) is 0.787. The molecule has 0 atom stereocenters. The largest absolute Gasteiger partial charge is 0.454 e. The Morgan fingerprint density at radius 1 is 1.39 bits per heavy atom. The third-order valence-corrected chi connectivity index (χ3v) is 4.30. The van der Waals surface area contributed by atoms with E-state index >= 15 is 0 Å². The van der Waals surface area contributed by atoms with E-state index < -0.39 is 0 Å². The Kier molecular flexibility index (Phi) is 3.38. The van der Waals surface area contributed by atoms with E-state index in [-0.39, 0.29) is 19.1 Å². The molecule has 1 aliphatic heterocycles. The molecule has 7 nitrogen and oxygen atoms in total. The molecule has 0 unspecified atom stereocenters. The summed E-state index contributed by atoms with van der Waals surface area (Å²) in [5, 5.41) is 8.13. The molecule has 1 aliphatic rings. The second-order valence-electron chi connectivity index (χ2n) is 5.22. The van der Waals surface area contributed by atoms with Gasteiger partial charge in [0.15, 0.2) is 11.5 Å². The number of aromatic nitrogens is 3. The molecular formula is C15H14N4O3S. The molecule has 2 aromatic heterocycles. The first kappa shape index (κ1) is 14.0. The Hall–Kier alpha value is -2.61. The van der Waals surface area contributed by atoms with Crippen LogP contribution in [-0.2, 0) is 17.8 Å². The minimum Gasteiger partial charge on any atom is -0.454 e. The van der Waals surface area contributed by atoms with Crippen LogP contribution >= 0.6 is 11.3 Å². The lowest BCUT2D eigenvalue weighted by atomic mass is 10.1. The third kappa shape index (κ3) is 2.85. The van der Waals surface area contributed by atoms with Crippen molar-refractivity contribution in [3.63, 3.8) is 0 Å². The maximum Gasteiger partial charge on any atom is 0.231 e. The Bertz CT molecular complexity index is 855. The summed E-state index contributed by atoms with van der Waals surface area (Å²) >= 11 is 1.52. The van der Waals surface area contributed by atoms with Crippen LogP contribution in [0.1, 0.15) is 16.3 Å². The van der Waals surface area contributed by atoms with Crippen LogP contribution in [0, 0.1) is 6.92 Å². The summed E-state index contributed by atoms with van der Waals surface area (Å²) in [5.74, 6) is 1.34. The van der Waals surface area contributed by atoms with E-state index in [9.17, 15) is 4.79 Å². The fourth-order valence-corrected chi connectivity index (χ4v) is 3.16. The first-order valence-corrected chi connectivity index (χ1v) is 7.96. The van der Waals surface area contributed by atoms with Gasteiger partial charge in [0.2, 0.25) is 17.7 Å². The number of benzene rings is 1. The number of fused-ring (bicyclic) bond motifs is 2. The number of amides is 1. The zero-order valence-electron chi connectivity index (χ0n) is 12.4. The number of rotatable bonds is 4. The van der Waals surface area contributed by atoms with E-state index in [1.165, 1.54) is 11.3 Å². The molecular weight excluding hydrogens is 316 g/mol. The molecule has 0 saturated carbocycles. The van der Waals surface area contributed by atoms with Crippen molar-refractivity contribution in [2.24, 2.45) is 0 Å². The molecule has 0 radical (unpaired) electrons. The Balaban J connectivity index is 1.37. The SMILES string of the molecule is Cc1nn2cc(CNC(=O)Cc3ccc4c(c3)OCO4)nc2s1. The standard InChI is InChI=1S/C15H14N4O3S/c1-9-18-19-7-11(17-15(19)23-9)6-16-14(20)5-10-2-3-12-13(4-10)22-8-21-12/h2-4,7H,5-6,8H2,1H3,(H,16,20). The first-order valence-electron chi connectivity index (χ1n) is 7.14. The van der Waals surface area contributed by atoms with Crippen LogP contribution in [0.5, 0.6) is 11.5 Å². The highest BCUT2D eigenvalue weighted by Gasteiger charge is 2.14. The van der Waals surface area contributed by atoms with Gasteiger partial charge < -0.3 is 14.8 Å².